The smallest absolute Gasteiger partial charge is 0.339 e. The lowest BCUT2D eigenvalue weighted by atomic mass is 9.83. The maximum absolute atomic E-state index is 13.4. The van der Waals surface area contributed by atoms with Crippen LogP contribution in [0, 0.1) is 5.92 Å². The second kappa shape index (κ2) is 8.48. The Hall–Kier alpha value is -3.55. The topological polar surface area (TPSA) is 91.0 Å². The molecule has 5 heterocycles. The Morgan fingerprint density at radius 2 is 1.92 bits per heavy atom. The van der Waals surface area contributed by atoms with Gasteiger partial charge in [-0.15, -0.1) is 0 Å². The summed E-state index contributed by atoms with van der Waals surface area (Å²) < 4.78 is 20.3. The number of rotatable bonds is 3. The SMILES string of the molecule is CC1(C)CCc2c(cc(OCC(=O)N3C[C@@H]4C[C@H](C3)c3cccc(=O)n3C4)c3c4c(c(=O)oc23)CCC4)O1. The third kappa shape index (κ3) is 3.76. The van der Waals surface area contributed by atoms with Gasteiger partial charge in [-0.3, -0.25) is 9.59 Å². The molecule has 3 aromatic rings. The molecule has 2 aromatic heterocycles. The van der Waals surface area contributed by atoms with E-state index in [-0.39, 0.29) is 41.1 Å². The van der Waals surface area contributed by atoms with Crippen molar-refractivity contribution in [2.24, 2.45) is 5.92 Å². The summed E-state index contributed by atoms with van der Waals surface area (Å²) in [4.78, 5) is 40.4. The number of nitrogens with zero attached hydrogens (tertiary/aromatic N) is 2. The summed E-state index contributed by atoms with van der Waals surface area (Å²) in [5.41, 5.74) is 3.59. The van der Waals surface area contributed by atoms with E-state index >= 15 is 0 Å². The van der Waals surface area contributed by atoms with Crippen LogP contribution in [0.3, 0.4) is 0 Å². The highest BCUT2D eigenvalue weighted by Gasteiger charge is 2.37. The first-order valence-corrected chi connectivity index (χ1v) is 13.7. The number of amides is 1. The molecule has 2 bridgehead atoms. The van der Waals surface area contributed by atoms with Crippen molar-refractivity contribution in [1.29, 1.82) is 0 Å². The summed E-state index contributed by atoms with van der Waals surface area (Å²) in [6, 6.07) is 7.30. The summed E-state index contributed by atoms with van der Waals surface area (Å²) in [6.07, 6.45) is 4.96. The van der Waals surface area contributed by atoms with Gasteiger partial charge in [0.1, 0.15) is 22.7 Å². The lowest BCUT2D eigenvalue weighted by Gasteiger charge is -2.42. The first kappa shape index (κ1) is 23.6. The minimum Gasteiger partial charge on any atom is -0.487 e. The van der Waals surface area contributed by atoms with E-state index < -0.39 is 0 Å². The van der Waals surface area contributed by atoms with Crippen molar-refractivity contribution in [2.45, 2.75) is 70.4 Å². The molecule has 0 spiro atoms. The van der Waals surface area contributed by atoms with Crippen LogP contribution in [0.4, 0.5) is 0 Å². The lowest BCUT2D eigenvalue weighted by Crippen LogP contribution is -2.50. The zero-order valence-electron chi connectivity index (χ0n) is 21.9. The number of carbonyl (C=O) groups excluding carboxylic acids is 1. The maximum Gasteiger partial charge on any atom is 0.339 e. The van der Waals surface area contributed by atoms with Gasteiger partial charge >= 0.3 is 5.63 Å². The molecule has 1 aliphatic carbocycles. The van der Waals surface area contributed by atoms with Crippen molar-refractivity contribution in [3.05, 3.63) is 67.4 Å². The minimum absolute atomic E-state index is 0.0316. The fourth-order valence-electron chi connectivity index (χ4n) is 7.00. The Kier molecular flexibility index (Phi) is 5.26. The van der Waals surface area contributed by atoms with E-state index in [9.17, 15) is 14.4 Å². The first-order valence-electron chi connectivity index (χ1n) is 13.7. The van der Waals surface area contributed by atoms with Crippen molar-refractivity contribution in [3.8, 4) is 11.5 Å². The van der Waals surface area contributed by atoms with Crippen LogP contribution in [-0.2, 0) is 30.6 Å². The Bertz CT molecular complexity index is 1600. The highest BCUT2D eigenvalue weighted by atomic mass is 16.5. The Labute approximate surface area is 220 Å². The molecule has 38 heavy (non-hydrogen) atoms. The van der Waals surface area contributed by atoms with Crippen molar-refractivity contribution in [1.82, 2.24) is 9.47 Å². The monoisotopic (exact) mass is 516 g/mol. The van der Waals surface area contributed by atoms with E-state index in [0.29, 0.717) is 43.1 Å². The molecule has 2 atom stereocenters. The number of hydrogen-bond donors (Lipinski definition) is 0. The zero-order chi connectivity index (χ0) is 26.2. The van der Waals surface area contributed by atoms with E-state index in [2.05, 4.69) is 0 Å². The minimum atomic E-state index is -0.339. The van der Waals surface area contributed by atoms with Gasteiger partial charge < -0.3 is 23.4 Å². The van der Waals surface area contributed by atoms with Gasteiger partial charge in [0, 0.05) is 54.5 Å². The number of hydrogen-bond acceptors (Lipinski definition) is 6. The molecule has 8 nitrogen and oxygen atoms in total. The fraction of sp³-hybridized carbons (Fsp3) is 0.500. The molecular weight excluding hydrogens is 484 g/mol. The third-order valence-corrected chi connectivity index (χ3v) is 8.81. The van der Waals surface area contributed by atoms with Gasteiger partial charge in [0.2, 0.25) is 0 Å². The lowest BCUT2D eigenvalue weighted by molar-refractivity contribution is -0.136. The van der Waals surface area contributed by atoms with Gasteiger partial charge in [0.25, 0.3) is 11.5 Å². The van der Waals surface area contributed by atoms with Crippen molar-refractivity contribution in [2.75, 3.05) is 19.7 Å². The van der Waals surface area contributed by atoms with Crippen molar-refractivity contribution >= 4 is 16.9 Å². The Balaban J connectivity index is 1.20. The average Bonchev–Trinajstić information content (AvgIpc) is 3.38. The Morgan fingerprint density at radius 3 is 2.79 bits per heavy atom. The van der Waals surface area contributed by atoms with Crippen LogP contribution in [0.25, 0.3) is 11.0 Å². The van der Waals surface area contributed by atoms with Gasteiger partial charge in [-0.25, -0.2) is 4.79 Å². The molecule has 7 rings (SSSR count). The van der Waals surface area contributed by atoms with Gasteiger partial charge in [-0.2, -0.15) is 0 Å². The molecule has 0 unspecified atom stereocenters. The zero-order valence-corrected chi connectivity index (χ0v) is 21.9. The number of carbonyl (C=O) groups is 1. The number of benzene rings is 1. The summed E-state index contributed by atoms with van der Waals surface area (Å²) in [6.45, 7) is 5.82. The number of piperidine rings is 1. The van der Waals surface area contributed by atoms with Crippen LogP contribution in [0.1, 0.15) is 61.4 Å². The van der Waals surface area contributed by atoms with Gasteiger partial charge in [-0.1, -0.05) is 6.07 Å². The van der Waals surface area contributed by atoms with Gasteiger partial charge in [0.05, 0.1) is 5.39 Å². The largest absolute Gasteiger partial charge is 0.487 e. The first-order chi connectivity index (χ1) is 18.3. The maximum atomic E-state index is 13.4. The molecule has 1 saturated heterocycles. The quantitative estimate of drug-likeness (QED) is 0.495. The molecular formula is C30H32N2O6. The van der Waals surface area contributed by atoms with Crippen LogP contribution in [0.5, 0.6) is 11.5 Å². The molecule has 0 radical (unpaired) electrons. The normalized spacial score (nSPS) is 22.8. The second-order valence-electron chi connectivity index (χ2n) is 11.9. The molecule has 1 fully saturated rings. The summed E-state index contributed by atoms with van der Waals surface area (Å²) in [5.74, 6) is 1.53. The highest BCUT2D eigenvalue weighted by molar-refractivity contribution is 5.93. The molecule has 3 aliphatic heterocycles. The number of fused-ring (bicyclic) bond motifs is 9. The number of ether oxygens (including phenoxy) is 2. The molecule has 8 heteroatoms. The molecule has 0 saturated carbocycles. The van der Waals surface area contributed by atoms with Crippen molar-refractivity contribution < 1.29 is 18.7 Å². The average molecular weight is 517 g/mol. The highest BCUT2D eigenvalue weighted by Crippen LogP contribution is 2.44. The number of aromatic nitrogens is 1. The van der Waals surface area contributed by atoms with E-state index in [1.165, 1.54) is 0 Å². The second-order valence-corrected chi connectivity index (χ2v) is 11.9. The molecule has 1 aromatic carbocycles. The van der Waals surface area contributed by atoms with E-state index in [1.54, 1.807) is 12.1 Å². The number of pyridine rings is 1. The van der Waals surface area contributed by atoms with Crippen molar-refractivity contribution in [3.63, 3.8) is 0 Å². The summed E-state index contributed by atoms with van der Waals surface area (Å²) in [5, 5.41) is 0.816. The fourth-order valence-corrected chi connectivity index (χ4v) is 7.00. The standard InChI is InChI=1S/C30H32N2O6/c1-30(2)10-9-21-23(38-30)12-24(27-19-5-3-6-20(19)29(35)37-28(21)27)36-16-26(34)31-13-17-11-18(15-31)22-7-4-8-25(33)32(22)14-17/h4,7-8,12,17-18H,3,5-6,9-11,13-16H2,1-2H3/t17-,18+/m0/s1. The van der Waals surface area contributed by atoms with Crippen LogP contribution in [-0.4, -0.2) is 40.7 Å². The molecule has 1 amide bonds. The Morgan fingerprint density at radius 1 is 1.08 bits per heavy atom. The predicted molar refractivity (Wildman–Crippen MR) is 141 cm³/mol. The van der Waals surface area contributed by atoms with Crippen LogP contribution >= 0.6 is 0 Å². The third-order valence-electron chi connectivity index (χ3n) is 8.81. The number of aryl methyl sites for hydroxylation is 2. The van der Waals surface area contributed by atoms with E-state index in [1.807, 2.05) is 35.4 Å². The number of likely N-dealkylation sites (tertiary alicyclic amines) is 1. The van der Waals surface area contributed by atoms with Gasteiger partial charge in [0.15, 0.2) is 6.61 Å². The molecule has 198 valence electrons. The summed E-state index contributed by atoms with van der Waals surface area (Å²) >= 11 is 0. The summed E-state index contributed by atoms with van der Waals surface area (Å²) in [7, 11) is 0. The molecule has 0 N–H and O–H groups in total. The van der Waals surface area contributed by atoms with Crippen LogP contribution in [0.2, 0.25) is 0 Å². The van der Waals surface area contributed by atoms with Crippen LogP contribution in [0.15, 0.2) is 38.3 Å². The van der Waals surface area contributed by atoms with Crippen LogP contribution < -0.4 is 20.7 Å². The predicted octanol–water partition coefficient (Wildman–Crippen LogP) is 3.57. The van der Waals surface area contributed by atoms with Gasteiger partial charge in [-0.05, 0) is 69.9 Å². The molecule has 4 aliphatic rings. The van der Waals surface area contributed by atoms with E-state index in [0.717, 1.165) is 59.9 Å². The van der Waals surface area contributed by atoms with E-state index in [4.69, 9.17) is 13.9 Å².